The molecule has 1 aromatic heterocycles. The lowest BCUT2D eigenvalue weighted by molar-refractivity contribution is -0.137. The van der Waals surface area contributed by atoms with Crippen LogP contribution in [0.1, 0.15) is 24.0 Å². The number of amides is 1. The van der Waals surface area contributed by atoms with Crippen molar-refractivity contribution >= 4 is 5.91 Å². The van der Waals surface area contributed by atoms with Crippen LogP contribution in [0.25, 0.3) is 0 Å². The summed E-state index contributed by atoms with van der Waals surface area (Å²) >= 11 is 0. The Hall–Kier alpha value is -2.35. The predicted octanol–water partition coefficient (Wildman–Crippen LogP) is 3.32. The highest BCUT2D eigenvalue weighted by Gasteiger charge is 2.30. The van der Waals surface area contributed by atoms with E-state index in [4.69, 9.17) is 0 Å². The number of aromatic nitrogens is 2. The van der Waals surface area contributed by atoms with E-state index >= 15 is 0 Å². The summed E-state index contributed by atoms with van der Waals surface area (Å²) in [5.41, 5.74) is 0.109. The molecule has 1 aromatic carbocycles. The molecule has 3 rings (SSSR count). The molecule has 0 N–H and O–H groups in total. The molecule has 2 heterocycles. The number of hydrogen-bond donors (Lipinski definition) is 0. The summed E-state index contributed by atoms with van der Waals surface area (Å²) in [6, 6.07) is 7.35. The first-order valence-electron chi connectivity index (χ1n) is 9.91. The van der Waals surface area contributed by atoms with E-state index in [0.717, 1.165) is 38.5 Å². The van der Waals surface area contributed by atoms with E-state index in [1.807, 2.05) is 7.05 Å². The van der Waals surface area contributed by atoms with Crippen LogP contribution in [-0.2, 0) is 23.9 Å². The van der Waals surface area contributed by atoms with E-state index in [-0.39, 0.29) is 12.5 Å². The standard InChI is InChI=1S/C21H27F3N4O/c1-26(20(29)16-28-11-4-9-25-28)14-18-6-3-10-27(15-18)12-8-17-5-2-7-19(13-17)21(22,23)24/h2,4-5,7,9,11,13,18H,3,6,8,10,12,14-16H2,1H3. The number of benzene rings is 1. The monoisotopic (exact) mass is 408 g/mol. The van der Waals surface area contributed by atoms with Crippen molar-refractivity contribution in [3.8, 4) is 0 Å². The molecule has 1 fully saturated rings. The smallest absolute Gasteiger partial charge is 0.344 e. The molecule has 0 radical (unpaired) electrons. The largest absolute Gasteiger partial charge is 0.416 e. The average molecular weight is 408 g/mol. The SMILES string of the molecule is CN(CC1CCCN(CCc2cccc(C(F)(F)F)c2)C1)C(=O)Cn1cccn1. The molecule has 1 aliphatic heterocycles. The molecule has 0 saturated carbocycles. The number of likely N-dealkylation sites (tertiary alicyclic amines) is 1. The second-order valence-corrected chi connectivity index (χ2v) is 7.73. The number of piperidine rings is 1. The summed E-state index contributed by atoms with van der Waals surface area (Å²) in [5.74, 6) is 0.395. The molecule has 1 amide bonds. The number of hydrogen-bond acceptors (Lipinski definition) is 3. The van der Waals surface area contributed by atoms with Crippen molar-refractivity contribution < 1.29 is 18.0 Å². The van der Waals surface area contributed by atoms with Crippen LogP contribution in [-0.4, -0.2) is 58.7 Å². The number of carbonyl (C=O) groups is 1. The lowest BCUT2D eigenvalue weighted by Crippen LogP contribution is -2.42. The quantitative estimate of drug-likeness (QED) is 0.706. The van der Waals surface area contributed by atoms with Gasteiger partial charge < -0.3 is 9.80 Å². The Balaban J connectivity index is 1.47. The van der Waals surface area contributed by atoms with Crippen molar-refractivity contribution in [2.45, 2.75) is 32.0 Å². The van der Waals surface area contributed by atoms with Crippen LogP contribution in [0.15, 0.2) is 42.7 Å². The normalized spacial score (nSPS) is 18.0. The van der Waals surface area contributed by atoms with Crippen LogP contribution in [0.3, 0.4) is 0 Å². The first kappa shape index (κ1) is 21.4. The Morgan fingerprint density at radius 2 is 2.14 bits per heavy atom. The number of rotatable bonds is 7. The lowest BCUT2D eigenvalue weighted by atomic mass is 9.97. The topological polar surface area (TPSA) is 41.4 Å². The Kier molecular flexibility index (Phi) is 6.95. The molecule has 5 nitrogen and oxygen atoms in total. The minimum absolute atomic E-state index is 0.0230. The van der Waals surface area contributed by atoms with Gasteiger partial charge in [-0.1, -0.05) is 18.2 Å². The first-order valence-corrected chi connectivity index (χ1v) is 9.91. The fourth-order valence-electron chi connectivity index (χ4n) is 3.84. The number of halogens is 3. The van der Waals surface area contributed by atoms with Gasteiger partial charge in [0.2, 0.25) is 5.91 Å². The van der Waals surface area contributed by atoms with Crippen molar-refractivity contribution in [2.24, 2.45) is 5.92 Å². The fourth-order valence-corrected chi connectivity index (χ4v) is 3.84. The van der Waals surface area contributed by atoms with Crippen LogP contribution in [0.2, 0.25) is 0 Å². The molecule has 0 spiro atoms. The molecule has 2 aromatic rings. The third-order valence-corrected chi connectivity index (χ3v) is 5.39. The summed E-state index contributed by atoms with van der Waals surface area (Å²) in [7, 11) is 1.81. The van der Waals surface area contributed by atoms with Crippen molar-refractivity contribution in [3.63, 3.8) is 0 Å². The summed E-state index contributed by atoms with van der Waals surface area (Å²) in [5, 5.41) is 4.06. The van der Waals surface area contributed by atoms with E-state index in [2.05, 4.69) is 10.00 Å². The highest BCUT2D eigenvalue weighted by atomic mass is 19.4. The molecular weight excluding hydrogens is 381 g/mol. The van der Waals surface area contributed by atoms with E-state index in [1.165, 1.54) is 12.1 Å². The van der Waals surface area contributed by atoms with E-state index in [1.54, 1.807) is 34.1 Å². The zero-order valence-corrected chi connectivity index (χ0v) is 16.6. The maximum atomic E-state index is 12.9. The molecule has 158 valence electrons. The average Bonchev–Trinajstić information content (AvgIpc) is 3.19. The highest BCUT2D eigenvalue weighted by Crippen LogP contribution is 2.29. The summed E-state index contributed by atoms with van der Waals surface area (Å²) < 4.78 is 40.2. The van der Waals surface area contributed by atoms with Gasteiger partial charge in [0.1, 0.15) is 6.54 Å². The third-order valence-electron chi connectivity index (χ3n) is 5.39. The number of likely N-dealkylation sites (N-methyl/N-ethyl adjacent to an activating group) is 1. The van der Waals surface area contributed by atoms with Gasteiger partial charge in [0.05, 0.1) is 5.56 Å². The summed E-state index contributed by atoms with van der Waals surface area (Å²) in [6.07, 6.45) is 1.79. The van der Waals surface area contributed by atoms with Crippen molar-refractivity contribution in [2.75, 3.05) is 33.2 Å². The predicted molar refractivity (Wildman–Crippen MR) is 104 cm³/mol. The van der Waals surface area contributed by atoms with Crippen LogP contribution in [0.5, 0.6) is 0 Å². The highest BCUT2D eigenvalue weighted by molar-refractivity contribution is 5.75. The van der Waals surface area contributed by atoms with E-state index < -0.39 is 11.7 Å². The molecule has 1 atom stereocenters. The van der Waals surface area contributed by atoms with Gasteiger partial charge in [0, 0.05) is 39.1 Å². The molecule has 0 bridgehead atoms. The Morgan fingerprint density at radius 1 is 1.31 bits per heavy atom. The Bertz CT molecular complexity index is 791. The minimum atomic E-state index is -4.31. The van der Waals surface area contributed by atoms with Crippen molar-refractivity contribution in [1.29, 1.82) is 0 Å². The van der Waals surface area contributed by atoms with Gasteiger partial charge in [-0.3, -0.25) is 9.48 Å². The van der Waals surface area contributed by atoms with Crippen molar-refractivity contribution in [1.82, 2.24) is 19.6 Å². The van der Waals surface area contributed by atoms with Gasteiger partial charge >= 0.3 is 6.18 Å². The Labute approximate surface area is 169 Å². The Morgan fingerprint density at radius 3 is 2.86 bits per heavy atom. The third kappa shape index (κ3) is 6.32. The summed E-state index contributed by atoms with van der Waals surface area (Å²) in [6.45, 7) is 3.44. The molecule has 1 aliphatic rings. The molecule has 0 aliphatic carbocycles. The second-order valence-electron chi connectivity index (χ2n) is 7.73. The second kappa shape index (κ2) is 9.43. The van der Waals surface area contributed by atoms with Gasteiger partial charge in [-0.2, -0.15) is 18.3 Å². The van der Waals surface area contributed by atoms with Gasteiger partial charge in [-0.15, -0.1) is 0 Å². The maximum absolute atomic E-state index is 12.9. The summed E-state index contributed by atoms with van der Waals surface area (Å²) in [4.78, 5) is 16.4. The molecule has 1 saturated heterocycles. The zero-order valence-electron chi connectivity index (χ0n) is 16.6. The first-order chi connectivity index (χ1) is 13.8. The number of nitrogens with zero attached hydrogens (tertiary/aromatic N) is 4. The van der Waals surface area contributed by atoms with Gasteiger partial charge in [-0.05, 0) is 49.4 Å². The van der Waals surface area contributed by atoms with Crippen molar-refractivity contribution in [3.05, 3.63) is 53.9 Å². The molecule has 29 heavy (non-hydrogen) atoms. The van der Waals surface area contributed by atoms with Crippen LogP contribution in [0.4, 0.5) is 13.2 Å². The molecule has 1 unspecified atom stereocenters. The van der Waals surface area contributed by atoms with Crippen LogP contribution < -0.4 is 0 Å². The number of carbonyl (C=O) groups excluding carboxylic acids is 1. The number of alkyl halides is 3. The van der Waals surface area contributed by atoms with Crippen LogP contribution in [0, 0.1) is 5.92 Å². The van der Waals surface area contributed by atoms with Gasteiger partial charge in [-0.25, -0.2) is 0 Å². The van der Waals surface area contributed by atoms with Gasteiger partial charge in [0.25, 0.3) is 0 Å². The fraction of sp³-hybridized carbons (Fsp3) is 0.524. The minimum Gasteiger partial charge on any atom is -0.344 e. The molecular formula is C21H27F3N4O. The van der Waals surface area contributed by atoms with Crippen LogP contribution >= 0.6 is 0 Å². The lowest BCUT2D eigenvalue weighted by Gasteiger charge is -2.34. The van der Waals surface area contributed by atoms with E-state index in [9.17, 15) is 18.0 Å². The zero-order chi connectivity index (χ0) is 20.9. The molecule has 8 heteroatoms. The maximum Gasteiger partial charge on any atom is 0.416 e. The van der Waals surface area contributed by atoms with Gasteiger partial charge in [0.15, 0.2) is 0 Å². The van der Waals surface area contributed by atoms with E-state index in [0.29, 0.717) is 24.4 Å².